The lowest BCUT2D eigenvalue weighted by molar-refractivity contribution is -0.135. The molecule has 0 saturated carbocycles. The molecule has 1 saturated heterocycles. The van der Waals surface area contributed by atoms with Crippen molar-refractivity contribution in [1.29, 1.82) is 0 Å². The average molecular weight is 551 g/mol. The van der Waals surface area contributed by atoms with E-state index in [1.165, 1.54) is 4.88 Å². The number of benzene rings is 2. The van der Waals surface area contributed by atoms with Crippen molar-refractivity contribution in [2.75, 3.05) is 47.1 Å². The van der Waals surface area contributed by atoms with Crippen molar-refractivity contribution in [3.05, 3.63) is 76.0 Å². The lowest BCUT2D eigenvalue weighted by atomic mass is 10.00. The van der Waals surface area contributed by atoms with E-state index in [4.69, 9.17) is 18.9 Å². The number of hydrogen-bond donors (Lipinski definition) is 0. The number of thiophene rings is 1. The van der Waals surface area contributed by atoms with Crippen LogP contribution in [0, 0.1) is 0 Å². The van der Waals surface area contributed by atoms with Crippen molar-refractivity contribution >= 4 is 23.2 Å². The maximum absolute atomic E-state index is 13.9. The number of methoxy groups -OCH3 is 2. The van der Waals surface area contributed by atoms with Gasteiger partial charge in [-0.2, -0.15) is 0 Å². The van der Waals surface area contributed by atoms with Gasteiger partial charge < -0.3 is 28.7 Å². The van der Waals surface area contributed by atoms with Gasteiger partial charge in [0.25, 0.3) is 5.91 Å². The summed E-state index contributed by atoms with van der Waals surface area (Å²) in [5.41, 5.74) is 1.59. The zero-order chi connectivity index (χ0) is 27.2. The molecule has 8 nitrogen and oxygen atoms in total. The fourth-order valence-corrected chi connectivity index (χ4v) is 6.12. The maximum Gasteiger partial charge on any atom is 0.254 e. The minimum Gasteiger partial charge on any atom is -0.497 e. The van der Waals surface area contributed by atoms with E-state index in [1.807, 2.05) is 29.2 Å². The summed E-state index contributed by atoms with van der Waals surface area (Å²) in [5.74, 6) is 1.66. The SMILES string of the molecule is COc1cccc(OC[C@H]2c3ccsc3CCN2C(=O)CN(C[C@@H]2CCCO2)C(=O)c2cccc(OC)c2)c1. The second-order valence-electron chi connectivity index (χ2n) is 9.69. The Hall–Kier alpha value is -3.56. The molecule has 2 atom stereocenters. The summed E-state index contributed by atoms with van der Waals surface area (Å²) >= 11 is 1.71. The van der Waals surface area contributed by atoms with Crippen LogP contribution >= 0.6 is 11.3 Å². The average Bonchev–Trinajstić information content (AvgIpc) is 3.67. The van der Waals surface area contributed by atoms with Crippen LogP contribution in [0.25, 0.3) is 0 Å². The first kappa shape index (κ1) is 27.0. The molecular formula is C30H34N2O6S. The van der Waals surface area contributed by atoms with Crippen LogP contribution < -0.4 is 14.2 Å². The molecule has 9 heteroatoms. The summed E-state index contributed by atoms with van der Waals surface area (Å²) in [5, 5.41) is 2.06. The van der Waals surface area contributed by atoms with Crippen LogP contribution in [0.2, 0.25) is 0 Å². The Morgan fingerprint density at radius 1 is 1.05 bits per heavy atom. The number of carbonyl (C=O) groups is 2. The number of hydrogen-bond acceptors (Lipinski definition) is 7. The van der Waals surface area contributed by atoms with E-state index in [2.05, 4.69) is 11.4 Å². The summed E-state index contributed by atoms with van der Waals surface area (Å²) in [6.07, 6.45) is 2.53. The molecule has 0 unspecified atom stereocenters. The molecule has 3 heterocycles. The predicted octanol–water partition coefficient (Wildman–Crippen LogP) is 4.59. The fraction of sp³-hybridized carbons (Fsp3) is 0.400. The van der Waals surface area contributed by atoms with Crippen LogP contribution in [0.15, 0.2) is 60.0 Å². The van der Waals surface area contributed by atoms with Gasteiger partial charge in [0, 0.05) is 36.2 Å². The molecule has 1 fully saturated rings. The smallest absolute Gasteiger partial charge is 0.254 e. The quantitative estimate of drug-likeness (QED) is 0.368. The fourth-order valence-electron chi connectivity index (χ4n) is 5.19. The van der Waals surface area contributed by atoms with Gasteiger partial charge in [0.2, 0.25) is 5.91 Å². The number of fused-ring (bicyclic) bond motifs is 1. The zero-order valence-corrected chi connectivity index (χ0v) is 23.2. The lowest BCUT2D eigenvalue weighted by Crippen LogP contribution is -2.49. The Morgan fingerprint density at radius 2 is 1.82 bits per heavy atom. The van der Waals surface area contributed by atoms with Crippen LogP contribution in [0.4, 0.5) is 0 Å². The Kier molecular flexibility index (Phi) is 8.68. The molecule has 2 amide bonds. The van der Waals surface area contributed by atoms with Crippen LogP contribution in [-0.4, -0.2) is 74.8 Å². The van der Waals surface area contributed by atoms with Crippen LogP contribution in [0.1, 0.15) is 39.7 Å². The zero-order valence-electron chi connectivity index (χ0n) is 22.3. The molecule has 2 aliphatic heterocycles. The number of amides is 2. The molecule has 0 N–H and O–H groups in total. The highest BCUT2D eigenvalue weighted by Gasteiger charge is 2.34. The van der Waals surface area contributed by atoms with Crippen LogP contribution in [-0.2, 0) is 16.0 Å². The molecule has 2 aliphatic rings. The monoisotopic (exact) mass is 550 g/mol. The molecule has 3 aromatic rings. The molecule has 39 heavy (non-hydrogen) atoms. The lowest BCUT2D eigenvalue weighted by Gasteiger charge is -2.37. The highest BCUT2D eigenvalue weighted by molar-refractivity contribution is 7.10. The van der Waals surface area contributed by atoms with Crippen molar-refractivity contribution in [3.8, 4) is 17.2 Å². The van der Waals surface area contributed by atoms with Gasteiger partial charge in [-0.25, -0.2) is 0 Å². The topological polar surface area (TPSA) is 77.5 Å². The third-order valence-corrected chi connectivity index (χ3v) is 8.24. The molecule has 0 bridgehead atoms. The van der Waals surface area contributed by atoms with Gasteiger partial charge in [-0.3, -0.25) is 9.59 Å². The Bertz CT molecular complexity index is 1290. The molecule has 0 aliphatic carbocycles. The molecule has 2 aromatic carbocycles. The van der Waals surface area contributed by atoms with Crippen molar-refractivity contribution < 1.29 is 28.5 Å². The molecule has 1 aromatic heterocycles. The number of nitrogens with zero attached hydrogens (tertiary/aromatic N) is 2. The number of carbonyl (C=O) groups excluding carboxylic acids is 2. The summed E-state index contributed by atoms with van der Waals surface area (Å²) in [6.45, 7) is 1.88. The minimum absolute atomic E-state index is 0.0367. The third kappa shape index (κ3) is 6.37. The first-order valence-electron chi connectivity index (χ1n) is 13.2. The van der Waals surface area contributed by atoms with Gasteiger partial charge in [0.15, 0.2) is 0 Å². The molecule has 206 valence electrons. The van der Waals surface area contributed by atoms with E-state index in [0.29, 0.717) is 49.1 Å². The van der Waals surface area contributed by atoms with Crippen LogP contribution in [0.5, 0.6) is 17.2 Å². The Balaban J connectivity index is 1.35. The second-order valence-corrected chi connectivity index (χ2v) is 10.7. The van der Waals surface area contributed by atoms with Crippen LogP contribution in [0.3, 0.4) is 0 Å². The van der Waals surface area contributed by atoms with E-state index >= 15 is 0 Å². The van der Waals surface area contributed by atoms with Gasteiger partial charge in [-0.15, -0.1) is 11.3 Å². The molecule has 5 rings (SSSR count). The highest BCUT2D eigenvalue weighted by Crippen LogP contribution is 2.34. The Labute approximate surface area is 233 Å². The third-order valence-electron chi connectivity index (χ3n) is 7.24. The maximum atomic E-state index is 13.9. The minimum atomic E-state index is -0.254. The molecular weight excluding hydrogens is 516 g/mol. The van der Waals surface area contributed by atoms with Crippen molar-refractivity contribution in [2.24, 2.45) is 0 Å². The normalized spacial score (nSPS) is 18.4. The van der Waals surface area contributed by atoms with Crippen molar-refractivity contribution in [2.45, 2.75) is 31.4 Å². The summed E-state index contributed by atoms with van der Waals surface area (Å²) in [4.78, 5) is 32.3. The van der Waals surface area contributed by atoms with Crippen molar-refractivity contribution in [3.63, 3.8) is 0 Å². The Morgan fingerprint density at radius 3 is 2.59 bits per heavy atom. The highest BCUT2D eigenvalue weighted by atomic mass is 32.1. The van der Waals surface area contributed by atoms with Gasteiger partial charge in [-0.1, -0.05) is 12.1 Å². The summed E-state index contributed by atoms with van der Waals surface area (Å²) in [7, 11) is 3.19. The summed E-state index contributed by atoms with van der Waals surface area (Å²) < 4.78 is 22.6. The van der Waals surface area contributed by atoms with Crippen molar-refractivity contribution in [1.82, 2.24) is 9.80 Å². The van der Waals surface area contributed by atoms with E-state index in [1.54, 1.807) is 54.7 Å². The second kappa shape index (κ2) is 12.5. The standard InChI is InChI=1S/C30H34N2O6S/c1-35-22-7-3-6-21(16-22)30(34)31(18-25-10-5-14-37-25)19-29(33)32-13-11-28-26(12-15-39-28)27(32)20-38-24-9-4-8-23(17-24)36-2/h3-4,6-9,12,15-17,25,27H,5,10-11,13-14,18-20H2,1-2H3/t25-,27-/m0/s1. The van der Waals surface area contributed by atoms with E-state index in [9.17, 15) is 9.59 Å². The first-order valence-corrected chi connectivity index (χ1v) is 14.1. The van der Waals surface area contributed by atoms with E-state index < -0.39 is 0 Å². The number of ether oxygens (including phenoxy) is 4. The van der Waals surface area contributed by atoms with Gasteiger partial charge in [0.05, 0.1) is 26.4 Å². The largest absolute Gasteiger partial charge is 0.497 e. The number of rotatable bonds is 10. The van der Waals surface area contributed by atoms with Gasteiger partial charge in [0.1, 0.15) is 30.4 Å². The molecule has 0 spiro atoms. The first-order chi connectivity index (χ1) is 19.1. The predicted molar refractivity (Wildman–Crippen MR) is 149 cm³/mol. The van der Waals surface area contributed by atoms with Gasteiger partial charge >= 0.3 is 0 Å². The van der Waals surface area contributed by atoms with E-state index in [-0.39, 0.29) is 30.5 Å². The van der Waals surface area contributed by atoms with Gasteiger partial charge in [-0.05, 0) is 66.6 Å². The summed E-state index contributed by atoms with van der Waals surface area (Å²) in [6, 6.07) is 16.3. The molecule has 0 radical (unpaired) electrons. The van der Waals surface area contributed by atoms with E-state index in [0.717, 1.165) is 24.8 Å².